The Balaban J connectivity index is 1.69. The molecule has 1 saturated carbocycles. The summed E-state index contributed by atoms with van der Waals surface area (Å²) in [6.45, 7) is 0.941. The summed E-state index contributed by atoms with van der Waals surface area (Å²) in [4.78, 5) is 4.57. The molecule has 1 unspecified atom stereocenters. The van der Waals surface area contributed by atoms with E-state index in [-0.39, 0.29) is 0 Å². The van der Waals surface area contributed by atoms with E-state index in [1.165, 1.54) is 12.8 Å². The number of hydrogen-bond donors (Lipinski definition) is 1. The standard InChI is InChI=1S/C14H18N2O2S/c1-17-10-5-6-11(12(7-10)18-2)16-14-15-8-13(19-14)9-3-4-9/h5-7,9,13H,3-4,8H2,1-2H3,(H,15,16). The molecule has 1 aromatic carbocycles. The third kappa shape index (κ3) is 2.81. The molecule has 1 aliphatic carbocycles. The zero-order valence-electron chi connectivity index (χ0n) is 11.2. The van der Waals surface area contributed by atoms with Gasteiger partial charge in [-0.05, 0) is 30.9 Å². The molecular weight excluding hydrogens is 260 g/mol. The Morgan fingerprint density at radius 2 is 2.11 bits per heavy atom. The van der Waals surface area contributed by atoms with E-state index < -0.39 is 0 Å². The molecule has 1 N–H and O–H groups in total. The fourth-order valence-corrected chi connectivity index (χ4v) is 3.41. The lowest BCUT2D eigenvalue weighted by Crippen LogP contribution is -2.09. The number of thioether (sulfide) groups is 1. The number of anilines is 1. The normalized spacial score (nSPS) is 22.0. The SMILES string of the molecule is COc1ccc(NC2=NCC(C3CC3)S2)c(OC)c1. The molecule has 0 spiro atoms. The Labute approximate surface area is 117 Å². The summed E-state index contributed by atoms with van der Waals surface area (Å²) in [6.07, 6.45) is 2.73. The Morgan fingerprint density at radius 3 is 2.79 bits per heavy atom. The highest BCUT2D eigenvalue weighted by molar-refractivity contribution is 8.15. The van der Waals surface area contributed by atoms with Crippen molar-refractivity contribution in [1.82, 2.24) is 0 Å². The van der Waals surface area contributed by atoms with E-state index in [0.717, 1.165) is 34.8 Å². The summed E-state index contributed by atoms with van der Waals surface area (Å²) < 4.78 is 10.6. The molecule has 19 heavy (non-hydrogen) atoms. The maximum atomic E-state index is 5.38. The van der Waals surface area contributed by atoms with Gasteiger partial charge in [0, 0.05) is 11.3 Å². The Kier molecular flexibility index (Phi) is 3.55. The van der Waals surface area contributed by atoms with Crippen molar-refractivity contribution in [3.8, 4) is 11.5 Å². The van der Waals surface area contributed by atoms with E-state index in [2.05, 4.69) is 10.3 Å². The Morgan fingerprint density at radius 1 is 1.26 bits per heavy atom. The number of hydrogen-bond acceptors (Lipinski definition) is 5. The molecule has 1 atom stereocenters. The van der Waals surface area contributed by atoms with Crippen molar-refractivity contribution in [1.29, 1.82) is 0 Å². The van der Waals surface area contributed by atoms with Crippen LogP contribution in [0.25, 0.3) is 0 Å². The van der Waals surface area contributed by atoms with Crippen LogP contribution in [0.15, 0.2) is 23.2 Å². The van der Waals surface area contributed by atoms with Gasteiger partial charge in [0.05, 0.1) is 26.5 Å². The van der Waals surface area contributed by atoms with Crippen LogP contribution in [0.3, 0.4) is 0 Å². The number of rotatable bonds is 4. The van der Waals surface area contributed by atoms with Gasteiger partial charge in [0.25, 0.3) is 0 Å². The topological polar surface area (TPSA) is 42.8 Å². The van der Waals surface area contributed by atoms with Crippen molar-refractivity contribution < 1.29 is 9.47 Å². The molecule has 0 radical (unpaired) electrons. The molecule has 1 heterocycles. The van der Waals surface area contributed by atoms with Gasteiger partial charge in [-0.1, -0.05) is 11.8 Å². The summed E-state index contributed by atoms with van der Waals surface area (Å²) in [5, 5.41) is 5.03. The van der Waals surface area contributed by atoms with Gasteiger partial charge in [0.1, 0.15) is 11.5 Å². The molecule has 0 saturated heterocycles. The smallest absolute Gasteiger partial charge is 0.161 e. The third-order valence-corrected chi connectivity index (χ3v) is 4.77. The van der Waals surface area contributed by atoms with Crippen molar-refractivity contribution in [2.45, 2.75) is 18.1 Å². The summed E-state index contributed by atoms with van der Waals surface area (Å²) in [5.74, 6) is 2.45. The molecule has 0 aromatic heterocycles. The van der Waals surface area contributed by atoms with Crippen LogP contribution in [0.4, 0.5) is 5.69 Å². The molecule has 1 fully saturated rings. The highest BCUT2D eigenvalue weighted by atomic mass is 32.2. The summed E-state index contributed by atoms with van der Waals surface area (Å²) in [7, 11) is 3.32. The highest BCUT2D eigenvalue weighted by Gasteiger charge is 2.35. The van der Waals surface area contributed by atoms with Crippen LogP contribution in [0.5, 0.6) is 11.5 Å². The van der Waals surface area contributed by atoms with Crippen LogP contribution < -0.4 is 14.8 Å². The van der Waals surface area contributed by atoms with Gasteiger partial charge < -0.3 is 14.8 Å². The van der Waals surface area contributed by atoms with E-state index in [4.69, 9.17) is 9.47 Å². The van der Waals surface area contributed by atoms with E-state index >= 15 is 0 Å². The third-order valence-electron chi connectivity index (χ3n) is 3.48. The van der Waals surface area contributed by atoms with Crippen LogP contribution >= 0.6 is 11.8 Å². The van der Waals surface area contributed by atoms with E-state index in [1.54, 1.807) is 14.2 Å². The quantitative estimate of drug-likeness (QED) is 0.919. The second kappa shape index (κ2) is 5.33. The summed E-state index contributed by atoms with van der Waals surface area (Å²) >= 11 is 1.86. The maximum Gasteiger partial charge on any atom is 0.161 e. The van der Waals surface area contributed by atoms with Gasteiger partial charge in [-0.2, -0.15) is 0 Å². The molecule has 4 nitrogen and oxygen atoms in total. The predicted molar refractivity (Wildman–Crippen MR) is 79.6 cm³/mol. The number of aliphatic imine (C=N–C) groups is 1. The van der Waals surface area contributed by atoms with E-state index in [0.29, 0.717) is 5.25 Å². The largest absolute Gasteiger partial charge is 0.497 e. The molecule has 5 heteroatoms. The van der Waals surface area contributed by atoms with Gasteiger partial charge in [-0.25, -0.2) is 0 Å². The number of benzene rings is 1. The number of nitrogens with one attached hydrogen (secondary N) is 1. The van der Waals surface area contributed by atoms with Crippen molar-refractivity contribution in [3.05, 3.63) is 18.2 Å². The fraction of sp³-hybridized carbons (Fsp3) is 0.500. The molecular formula is C14H18N2O2S. The average molecular weight is 278 g/mol. The average Bonchev–Trinajstić information content (AvgIpc) is 3.20. The number of amidine groups is 1. The lowest BCUT2D eigenvalue weighted by Gasteiger charge is -2.12. The van der Waals surface area contributed by atoms with Gasteiger partial charge >= 0.3 is 0 Å². The number of nitrogens with zero attached hydrogens (tertiary/aromatic N) is 1. The molecule has 0 bridgehead atoms. The van der Waals surface area contributed by atoms with E-state index in [1.807, 2.05) is 30.0 Å². The Hall–Kier alpha value is -1.36. The van der Waals surface area contributed by atoms with Crippen LogP contribution in [0.2, 0.25) is 0 Å². The molecule has 1 aliphatic heterocycles. The lowest BCUT2D eigenvalue weighted by molar-refractivity contribution is 0.395. The Bertz CT molecular complexity index is 500. The van der Waals surface area contributed by atoms with Gasteiger partial charge in [0.2, 0.25) is 0 Å². The number of ether oxygens (including phenoxy) is 2. The first-order valence-electron chi connectivity index (χ1n) is 6.50. The molecule has 3 rings (SSSR count). The molecule has 102 valence electrons. The first-order chi connectivity index (χ1) is 9.30. The van der Waals surface area contributed by atoms with Crippen LogP contribution in [0.1, 0.15) is 12.8 Å². The zero-order valence-corrected chi connectivity index (χ0v) is 12.0. The van der Waals surface area contributed by atoms with Crippen LogP contribution in [-0.4, -0.2) is 31.2 Å². The maximum absolute atomic E-state index is 5.38. The monoisotopic (exact) mass is 278 g/mol. The summed E-state index contributed by atoms with van der Waals surface area (Å²) in [6, 6.07) is 5.76. The van der Waals surface area contributed by atoms with E-state index in [9.17, 15) is 0 Å². The van der Waals surface area contributed by atoms with Gasteiger partial charge in [0.15, 0.2) is 5.17 Å². The molecule has 0 amide bonds. The van der Waals surface area contributed by atoms with Gasteiger partial charge in [-0.15, -0.1) is 0 Å². The zero-order chi connectivity index (χ0) is 13.2. The first-order valence-corrected chi connectivity index (χ1v) is 7.38. The molecule has 1 aromatic rings. The lowest BCUT2D eigenvalue weighted by atomic mass is 10.3. The minimum atomic E-state index is 0.673. The fourth-order valence-electron chi connectivity index (χ4n) is 2.19. The minimum Gasteiger partial charge on any atom is -0.497 e. The minimum absolute atomic E-state index is 0.673. The molecule has 2 aliphatic rings. The van der Waals surface area contributed by atoms with Crippen molar-refractivity contribution in [3.63, 3.8) is 0 Å². The van der Waals surface area contributed by atoms with Gasteiger partial charge in [-0.3, -0.25) is 4.99 Å². The number of methoxy groups -OCH3 is 2. The second-order valence-corrected chi connectivity index (χ2v) is 6.06. The van der Waals surface area contributed by atoms with Crippen molar-refractivity contribution in [2.75, 3.05) is 26.1 Å². The summed E-state index contributed by atoms with van der Waals surface area (Å²) in [5.41, 5.74) is 0.936. The van der Waals surface area contributed by atoms with Crippen LogP contribution in [-0.2, 0) is 0 Å². The second-order valence-electron chi connectivity index (χ2n) is 4.83. The van der Waals surface area contributed by atoms with Crippen LogP contribution in [0, 0.1) is 5.92 Å². The predicted octanol–water partition coefficient (Wildman–Crippen LogP) is 3.00. The first kappa shape index (κ1) is 12.7. The van der Waals surface area contributed by atoms with Crippen molar-refractivity contribution >= 4 is 22.6 Å². The highest BCUT2D eigenvalue weighted by Crippen LogP contribution is 2.42. The van der Waals surface area contributed by atoms with Crippen molar-refractivity contribution in [2.24, 2.45) is 10.9 Å².